The van der Waals surface area contributed by atoms with Crippen molar-refractivity contribution >= 4 is 16.9 Å². The number of benzene rings is 1. The van der Waals surface area contributed by atoms with Gasteiger partial charge in [0.25, 0.3) is 0 Å². The van der Waals surface area contributed by atoms with Crippen LogP contribution in [0, 0.1) is 11.6 Å². The van der Waals surface area contributed by atoms with Crippen molar-refractivity contribution in [2.45, 2.75) is 48.7 Å². The molecule has 6 atom stereocenters. The van der Waals surface area contributed by atoms with Crippen molar-refractivity contribution < 1.29 is 41.6 Å². The van der Waals surface area contributed by atoms with Crippen LogP contribution in [0.1, 0.15) is 5.56 Å². The molecule has 162 valence electrons. The van der Waals surface area contributed by atoms with Crippen molar-refractivity contribution in [3.8, 4) is 0 Å². The summed E-state index contributed by atoms with van der Waals surface area (Å²) in [6.45, 7) is -0.906. The number of aliphatic hydroxyl groups is 2. The number of halogens is 5. The molecule has 3 rings (SSSR count). The van der Waals surface area contributed by atoms with Crippen molar-refractivity contribution in [3.63, 3.8) is 0 Å². The fourth-order valence-electron chi connectivity index (χ4n) is 3.06. The zero-order valence-corrected chi connectivity index (χ0v) is 16.1. The highest BCUT2D eigenvalue weighted by molar-refractivity contribution is 8.14. The van der Waals surface area contributed by atoms with E-state index in [0.717, 1.165) is 30.0 Å². The Morgan fingerprint density at radius 1 is 1.24 bits per heavy atom. The Bertz CT molecular complexity index is 779. The van der Waals surface area contributed by atoms with Crippen LogP contribution in [0.3, 0.4) is 0 Å². The number of nitrogens with zero attached hydrogens (tertiary/aromatic N) is 2. The first-order chi connectivity index (χ1) is 13.5. The second-order valence-corrected chi connectivity index (χ2v) is 7.92. The fraction of sp³-hybridized carbons (Fsp3) is 0.588. The van der Waals surface area contributed by atoms with Gasteiger partial charge in [0.15, 0.2) is 22.9 Å². The lowest BCUT2D eigenvalue weighted by atomic mass is 9.94. The van der Waals surface area contributed by atoms with Crippen molar-refractivity contribution in [2.75, 3.05) is 14.1 Å². The highest BCUT2D eigenvalue weighted by Crippen LogP contribution is 2.41. The van der Waals surface area contributed by atoms with Gasteiger partial charge >= 0.3 is 6.18 Å². The predicted molar refractivity (Wildman–Crippen MR) is 94.2 cm³/mol. The number of aliphatic imine (C=N–C) groups is 1. The van der Waals surface area contributed by atoms with Gasteiger partial charge in [-0.1, -0.05) is 23.9 Å². The van der Waals surface area contributed by atoms with Crippen LogP contribution in [0.25, 0.3) is 0 Å². The Morgan fingerprint density at radius 2 is 1.93 bits per heavy atom. The Morgan fingerprint density at radius 3 is 2.55 bits per heavy atom. The van der Waals surface area contributed by atoms with Gasteiger partial charge in [0.05, 0.1) is 6.61 Å². The molecule has 2 aliphatic rings. The Kier molecular flexibility index (Phi) is 6.39. The summed E-state index contributed by atoms with van der Waals surface area (Å²) in [4.78, 5) is 5.77. The number of alkyl halides is 3. The number of rotatable bonds is 4. The van der Waals surface area contributed by atoms with E-state index in [9.17, 15) is 32.2 Å². The minimum atomic E-state index is -5.00. The molecule has 2 aliphatic heterocycles. The Labute approximate surface area is 167 Å². The largest absolute Gasteiger partial charge is 0.417 e. The van der Waals surface area contributed by atoms with E-state index in [2.05, 4.69) is 4.99 Å². The first kappa shape index (κ1) is 22.2. The molecular formula is C17H19F5N2O4S. The lowest BCUT2D eigenvalue weighted by Crippen LogP contribution is -2.61. The van der Waals surface area contributed by atoms with Crippen molar-refractivity contribution in [1.29, 1.82) is 0 Å². The Hall–Kier alpha value is -1.47. The summed E-state index contributed by atoms with van der Waals surface area (Å²) in [5.74, 6) is -2.55. The lowest BCUT2D eigenvalue weighted by Gasteiger charge is -2.41. The average molecular weight is 442 g/mol. The van der Waals surface area contributed by atoms with Gasteiger partial charge in [-0.2, -0.15) is 13.2 Å². The van der Waals surface area contributed by atoms with Crippen LogP contribution in [-0.2, 0) is 16.1 Å². The predicted octanol–water partition coefficient (Wildman–Crippen LogP) is 1.89. The first-order valence-corrected chi connectivity index (χ1v) is 9.43. The molecule has 2 N–H and O–H groups in total. The SMILES string of the molecule is CN(C)C1=N[C@@H]2[C@@H](O)[C@H](O)C([C@@H](OCc3cccc(F)c3F)C(F)(F)F)O[C@@H]2S1. The monoisotopic (exact) mass is 442 g/mol. The molecule has 1 fully saturated rings. The second-order valence-electron chi connectivity index (χ2n) is 6.85. The van der Waals surface area contributed by atoms with Crippen LogP contribution in [-0.4, -0.2) is 76.4 Å². The number of thioether (sulfide) groups is 1. The standard InChI is InChI=1S/C17H19F5N2O4S/c1-24(2)16-23-10-11(25)12(26)13(28-15(10)29-16)14(17(20,21)22)27-6-7-4-3-5-8(18)9(7)19/h3-5,10-15,25-26H,6H2,1-2H3/t10-,11-,12+,13?,14-,15-/m1/s1. The molecule has 6 nitrogen and oxygen atoms in total. The van der Waals surface area contributed by atoms with Crippen LogP contribution in [0.4, 0.5) is 22.0 Å². The van der Waals surface area contributed by atoms with Gasteiger partial charge in [-0.15, -0.1) is 0 Å². The molecule has 1 aromatic carbocycles. The molecule has 0 amide bonds. The summed E-state index contributed by atoms with van der Waals surface area (Å²) in [5.41, 5.74) is -1.38. The number of amidine groups is 1. The average Bonchev–Trinajstić information content (AvgIpc) is 3.06. The molecule has 12 heteroatoms. The molecule has 2 heterocycles. The van der Waals surface area contributed by atoms with E-state index in [1.807, 2.05) is 0 Å². The number of hydrogen-bond acceptors (Lipinski definition) is 7. The summed E-state index contributed by atoms with van der Waals surface area (Å²) >= 11 is 1.01. The molecule has 0 bridgehead atoms. The van der Waals surface area contributed by atoms with Gasteiger partial charge in [0, 0.05) is 19.7 Å². The molecule has 0 aromatic heterocycles. The molecule has 0 radical (unpaired) electrons. The third-order valence-electron chi connectivity index (χ3n) is 4.54. The molecule has 0 saturated carbocycles. The number of ether oxygens (including phenoxy) is 2. The van der Waals surface area contributed by atoms with E-state index in [-0.39, 0.29) is 0 Å². The first-order valence-electron chi connectivity index (χ1n) is 8.55. The molecule has 29 heavy (non-hydrogen) atoms. The maximum atomic E-state index is 13.7. The maximum absolute atomic E-state index is 13.7. The number of hydrogen-bond donors (Lipinski definition) is 2. The van der Waals surface area contributed by atoms with Crippen molar-refractivity contribution in [1.82, 2.24) is 4.90 Å². The third-order valence-corrected chi connectivity index (χ3v) is 5.84. The van der Waals surface area contributed by atoms with E-state index in [1.54, 1.807) is 19.0 Å². The molecule has 0 spiro atoms. The van der Waals surface area contributed by atoms with Crippen LogP contribution >= 0.6 is 11.8 Å². The Balaban J connectivity index is 1.80. The second kappa shape index (κ2) is 8.34. The van der Waals surface area contributed by atoms with E-state index < -0.39 is 65.9 Å². The summed E-state index contributed by atoms with van der Waals surface area (Å²) in [5, 5.41) is 21.0. The zero-order valence-electron chi connectivity index (χ0n) is 15.3. The topological polar surface area (TPSA) is 74.5 Å². The van der Waals surface area contributed by atoms with Gasteiger partial charge in [0.1, 0.15) is 29.8 Å². The minimum Gasteiger partial charge on any atom is -0.388 e. The highest BCUT2D eigenvalue weighted by atomic mass is 32.2. The quantitative estimate of drug-likeness (QED) is 0.694. The third kappa shape index (κ3) is 4.50. The summed E-state index contributed by atoms with van der Waals surface area (Å²) < 4.78 is 78.1. The van der Waals surface area contributed by atoms with Crippen LogP contribution in [0.5, 0.6) is 0 Å². The highest BCUT2D eigenvalue weighted by Gasteiger charge is 2.57. The maximum Gasteiger partial charge on any atom is 0.417 e. The van der Waals surface area contributed by atoms with Crippen molar-refractivity contribution in [2.24, 2.45) is 4.99 Å². The zero-order chi connectivity index (χ0) is 21.5. The van der Waals surface area contributed by atoms with E-state index in [4.69, 9.17) is 9.47 Å². The van der Waals surface area contributed by atoms with Gasteiger partial charge in [-0.05, 0) is 6.07 Å². The van der Waals surface area contributed by atoms with E-state index in [0.29, 0.717) is 5.17 Å². The molecule has 1 aromatic rings. The molecule has 0 aliphatic carbocycles. The van der Waals surface area contributed by atoms with E-state index >= 15 is 0 Å². The fourth-order valence-corrected chi connectivity index (χ4v) is 4.20. The molecular weight excluding hydrogens is 423 g/mol. The lowest BCUT2D eigenvalue weighted by molar-refractivity contribution is -0.287. The van der Waals surface area contributed by atoms with Crippen LogP contribution in [0.2, 0.25) is 0 Å². The molecule has 1 saturated heterocycles. The van der Waals surface area contributed by atoms with E-state index in [1.165, 1.54) is 0 Å². The molecule has 1 unspecified atom stereocenters. The van der Waals surface area contributed by atoms with Gasteiger partial charge in [-0.25, -0.2) is 8.78 Å². The number of aliphatic hydroxyl groups excluding tert-OH is 2. The minimum absolute atomic E-state index is 0.420. The van der Waals surface area contributed by atoms with Crippen LogP contribution < -0.4 is 0 Å². The van der Waals surface area contributed by atoms with Crippen molar-refractivity contribution in [3.05, 3.63) is 35.4 Å². The normalized spacial score (nSPS) is 30.7. The van der Waals surface area contributed by atoms with Gasteiger partial charge in [-0.3, -0.25) is 4.99 Å². The van der Waals surface area contributed by atoms with Gasteiger partial charge in [0.2, 0.25) is 0 Å². The van der Waals surface area contributed by atoms with Crippen LogP contribution in [0.15, 0.2) is 23.2 Å². The number of fused-ring (bicyclic) bond motifs is 1. The summed E-state index contributed by atoms with van der Waals surface area (Å²) in [6.07, 6.45) is -13.2. The van der Waals surface area contributed by atoms with Gasteiger partial charge < -0.3 is 24.6 Å². The smallest absolute Gasteiger partial charge is 0.388 e. The summed E-state index contributed by atoms with van der Waals surface area (Å²) in [6, 6.07) is 2.09. The summed E-state index contributed by atoms with van der Waals surface area (Å²) in [7, 11) is 3.33.